The van der Waals surface area contributed by atoms with E-state index in [4.69, 9.17) is 32.7 Å². The number of carbonyl (C=O) groups is 2. The Kier molecular flexibility index (Phi) is 7.77. The molecule has 0 spiro atoms. The Bertz CT molecular complexity index is 901. The Morgan fingerprint density at radius 3 is 2.76 bits per heavy atom. The van der Waals surface area contributed by atoms with Gasteiger partial charge in [-0.2, -0.15) is 0 Å². The number of rotatable bonds is 8. The fourth-order valence-corrected chi connectivity index (χ4v) is 4.91. The summed E-state index contributed by atoms with van der Waals surface area (Å²) in [6.45, 7) is 0.607. The van der Waals surface area contributed by atoms with Gasteiger partial charge in [0.25, 0.3) is 11.8 Å². The van der Waals surface area contributed by atoms with Gasteiger partial charge in [0.05, 0.1) is 17.2 Å². The van der Waals surface area contributed by atoms with Crippen LogP contribution in [0.25, 0.3) is 0 Å². The molecule has 2 N–H and O–H groups in total. The Balaban J connectivity index is 1.71. The lowest BCUT2D eigenvalue weighted by Gasteiger charge is -2.13. The van der Waals surface area contributed by atoms with Crippen molar-refractivity contribution >= 4 is 51.4 Å². The van der Waals surface area contributed by atoms with Gasteiger partial charge < -0.3 is 20.1 Å². The number of ether oxygens (including phenoxy) is 2. The highest BCUT2D eigenvalue weighted by molar-refractivity contribution is 7.17. The van der Waals surface area contributed by atoms with E-state index < -0.39 is 0 Å². The second-order valence-corrected chi connectivity index (χ2v) is 8.52. The number of hydrogen-bond donors (Lipinski definition) is 2. The van der Waals surface area contributed by atoms with E-state index in [2.05, 4.69) is 10.6 Å². The van der Waals surface area contributed by atoms with Crippen molar-refractivity contribution in [3.05, 3.63) is 44.2 Å². The molecule has 3 rings (SSSR count). The molecule has 2 aromatic rings. The van der Waals surface area contributed by atoms with Gasteiger partial charge in [0.2, 0.25) is 0 Å². The SMILES string of the molecule is COCCNC(=O)c1c(NC(=O)COc2ccc(Cl)cc2Cl)sc2c1CCCC2. The summed E-state index contributed by atoms with van der Waals surface area (Å²) in [5.74, 6) is -0.187. The number of hydrogen-bond acceptors (Lipinski definition) is 5. The lowest BCUT2D eigenvalue weighted by molar-refractivity contribution is -0.118. The van der Waals surface area contributed by atoms with E-state index in [0.717, 1.165) is 36.1 Å². The van der Waals surface area contributed by atoms with Gasteiger partial charge in [-0.1, -0.05) is 23.2 Å². The molecule has 1 aliphatic rings. The van der Waals surface area contributed by atoms with Gasteiger partial charge in [-0.3, -0.25) is 9.59 Å². The summed E-state index contributed by atoms with van der Waals surface area (Å²) in [6, 6.07) is 4.79. The highest BCUT2D eigenvalue weighted by Crippen LogP contribution is 2.38. The van der Waals surface area contributed by atoms with Crippen LogP contribution in [-0.2, 0) is 22.4 Å². The Morgan fingerprint density at radius 2 is 2.00 bits per heavy atom. The third kappa shape index (κ3) is 5.63. The number of methoxy groups -OCH3 is 1. The van der Waals surface area contributed by atoms with Crippen LogP contribution in [0.5, 0.6) is 5.75 Å². The van der Waals surface area contributed by atoms with Crippen LogP contribution in [0.3, 0.4) is 0 Å². The zero-order valence-electron chi connectivity index (χ0n) is 16.0. The summed E-state index contributed by atoms with van der Waals surface area (Å²) in [5.41, 5.74) is 1.59. The van der Waals surface area contributed by atoms with Crippen molar-refractivity contribution in [2.75, 3.05) is 32.2 Å². The number of amides is 2. The molecule has 1 aliphatic carbocycles. The molecule has 156 valence electrons. The van der Waals surface area contributed by atoms with Crippen LogP contribution in [0.15, 0.2) is 18.2 Å². The standard InChI is InChI=1S/C20H22Cl2N2O4S/c1-27-9-8-23-19(26)18-13-4-2-3-5-16(13)29-20(18)24-17(25)11-28-15-7-6-12(21)10-14(15)22/h6-7,10H,2-5,8-9,11H2,1H3,(H,23,26)(H,24,25). The van der Waals surface area contributed by atoms with E-state index in [9.17, 15) is 9.59 Å². The number of halogens is 2. The monoisotopic (exact) mass is 456 g/mol. The van der Waals surface area contributed by atoms with E-state index in [1.165, 1.54) is 11.3 Å². The first-order valence-corrected chi connectivity index (χ1v) is 10.9. The lowest BCUT2D eigenvalue weighted by Crippen LogP contribution is -2.29. The largest absolute Gasteiger partial charge is 0.482 e. The Morgan fingerprint density at radius 1 is 1.21 bits per heavy atom. The molecular weight excluding hydrogens is 435 g/mol. The van der Waals surface area contributed by atoms with E-state index in [-0.39, 0.29) is 18.4 Å². The van der Waals surface area contributed by atoms with Crippen molar-refractivity contribution in [2.24, 2.45) is 0 Å². The number of nitrogens with one attached hydrogen (secondary N) is 2. The summed E-state index contributed by atoms with van der Waals surface area (Å²) < 4.78 is 10.5. The first kappa shape index (κ1) is 21.9. The van der Waals surface area contributed by atoms with Gasteiger partial charge in [-0.05, 0) is 49.4 Å². The molecule has 0 radical (unpaired) electrons. The van der Waals surface area contributed by atoms with E-state index in [1.54, 1.807) is 25.3 Å². The second-order valence-electron chi connectivity index (χ2n) is 6.58. The third-order valence-corrected chi connectivity index (χ3v) is 6.23. The van der Waals surface area contributed by atoms with E-state index in [1.807, 2.05) is 0 Å². The summed E-state index contributed by atoms with van der Waals surface area (Å²) in [6.07, 6.45) is 3.88. The maximum atomic E-state index is 12.7. The van der Waals surface area contributed by atoms with Crippen molar-refractivity contribution in [3.63, 3.8) is 0 Å². The van der Waals surface area contributed by atoms with Crippen LogP contribution in [0.1, 0.15) is 33.6 Å². The summed E-state index contributed by atoms with van der Waals surface area (Å²) in [7, 11) is 1.58. The minimum Gasteiger partial charge on any atom is -0.482 e. The second kappa shape index (κ2) is 10.3. The minimum atomic E-state index is -0.361. The van der Waals surface area contributed by atoms with Crippen molar-refractivity contribution in [1.82, 2.24) is 5.32 Å². The third-order valence-electron chi connectivity index (χ3n) is 4.50. The van der Waals surface area contributed by atoms with Crippen molar-refractivity contribution < 1.29 is 19.1 Å². The Labute approximate surface area is 183 Å². The quantitative estimate of drug-likeness (QED) is 0.579. The smallest absolute Gasteiger partial charge is 0.262 e. The average Bonchev–Trinajstić information content (AvgIpc) is 3.05. The van der Waals surface area contributed by atoms with Crippen molar-refractivity contribution in [2.45, 2.75) is 25.7 Å². The molecule has 29 heavy (non-hydrogen) atoms. The molecular formula is C20H22Cl2N2O4S. The number of carbonyl (C=O) groups excluding carboxylic acids is 2. The van der Waals surface area contributed by atoms with Crippen LogP contribution in [-0.4, -0.2) is 38.7 Å². The summed E-state index contributed by atoms with van der Waals surface area (Å²) in [5, 5.41) is 7.06. The molecule has 0 atom stereocenters. The maximum absolute atomic E-state index is 12.7. The zero-order valence-corrected chi connectivity index (χ0v) is 18.3. The van der Waals surface area contributed by atoms with Crippen LogP contribution >= 0.6 is 34.5 Å². The molecule has 1 heterocycles. The summed E-state index contributed by atoms with van der Waals surface area (Å²) >= 11 is 13.4. The predicted molar refractivity (Wildman–Crippen MR) is 116 cm³/mol. The molecule has 0 aliphatic heterocycles. The fraction of sp³-hybridized carbons (Fsp3) is 0.400. The molecule has 0 saturated carbocycles. The normalized spacial score (nSPS) is 12.9. The van der Waals surface area contributed by atoms with E-state index in [0.29, 0.717) is 39.5 Å². The van der Waals surface area contributed by atoms with E-state index >= 15 is 0 Å². The highest BCUT2D eigenvalue weighted by atomic mass is 35.5. The van der Waals surface area contributed by atoms with Gasteiger partial charge in [0.15, 0.2) is 6.61 Å². The average molecular weight is 457 g/mol. The molecule has 0 fully saturated rings. The lowest BCUT2D eigenvalue weighted by atomic mass is 9.95. The molecule has 0 unspecified atom stereocenters. The first-order valence-electron chi connectivity index (χ1n) is 9.29. The number of benzene rings is 1. The van der Waals surface area contributed by atoms with Gasteiger partial charge in [0.1, 0.15) is 10.8 Å². The van der Waals surface area contributed by atoms with Crippen LogP contribution in [0.4, 0.5) is 5.00 Å². The van der Waals surface area contributed by atoms with Gasteiger partial charge in [-0.15, -0.1) is 11.3 Å². The molecule has 0 saturated heterocycles. The fourth-order valence-electron chi connectivity index (χ4n) is 3.15. The zero-order chi connectivity index (χ0) is 20.8. The highest BCUT2D eigenvalue weighted by Gasteiger charge is 2.26. The predicted octanol–water partition coefficient (Wildman–Crippen LogP) is 4.33. The minimum absolute atomic E-state index is 0.196. The number of thiophene rings is 1. The van der Waals surface area contributed by atoms with Crippen molar-refractivity contribution in [3.8, 4) is 5.75 Å². The van der Waals surface area contributed by atoms with Crippen LogP contribution < -0.4 is 15.4 Å². The van der Waals surface area contributed by atoms with Crippen molar-refractivity contribution in [1.29, 1.82) is 0 Å². The molecule has 1 aromatic carbocycles. The van der Waals surface area contributed by atoms with Gasteiger partial charge in [0, 0.05) is 23.6 Å². The van der Waals surface area contributed by atoms with Gasteiger partial charge >= 0.3 is 0 Å². The maximum Gasteiger partial charge on any atom is 0.262 e. The molecule has 0 bridgehead atoms. The number of anilines is 1. The summed E-state index contributed by atoms with van der Waals surface area (Å²) in [4.78, 5) is 26.4. The molecule has 1 aromatic heterocycles. The Hall–Kier alpha value is -1.80. The number of fused-ring (bicyclic) bond motifs is 1. The number of aryl methyl sites for hydroxylation is 1. The van der Waals surface area contributed by atoms with Crippen LogP contribution in [0.2, 0.25) is 10.0 Å². The molecule has 2 amide bonds. The topological polar surface area (TPSA) is 76.7 Å². The van der Waals surface area contributed by atoms with Crippen LogP contribution in [0, 0.1) is 0 Å². The molecule has 9 heteroatoms. The molecule has 6 nitrogen and oxygen atoms in total. The first-order chi connectivity index (χ1) is 14.0. The van der Waals surface area contributed by atoms with Gasteiger partial charge in [-0.25, -0.2) is 0 Å².